The van der Waals surface area contributed by atoms with Crippen LogP contribution in [-0.2, 0) is 16.0 Å². The molecule has 102 valence electrons. The van der Waals surface area contributed by atoms with Crippen LogP contribution in [0.25, 0.3) is 0 Å². The van der Waals surface area contributed by atoms with Crippen molar-refractivity contribution in [3.8, 4) is 0 Å². The molecule has 0 radical (unpaired) electrons. The molecule has 0 atom stereocenters. The number of aromatic carboxylic acids is 1. The zero-order valence-corrected chi connectivity index (χ0v) is 10.8. The van der Waals surface area contributed by atoms with E-state index in [0.717, 1.165) is 0 Å². The molecule has 0 aliphatic heterocycles. The third kappa shape index (κ3) is 4.42. The molecule has 0 aromatic heterocycles. The molecule has 0 unspecified atom stereocenters. The highest BCUT2D eigenvalue weighted by Crippen LogP contribution is 2.09. The normalized spacial score (nSPS) is 9.79. The maximum absolute atomic E-state index is 11.6. The largest absolute Gasteiger partial charge is 0.478 e. The van der Waals surface area contributed by atoms with Crippen molar-refractivity contribution in [2.24, 2.45) is 0 Å². The minimum atomic E-state index is -1.08. The second kappa shape index (κ2) is 6.53. The standard InChI is InChI=1S/C13H16N2O4/c1-15(2)12(17)8-14-11(16)7-9-5-3-4-6-10(9)13(18)19/h3-6H,7-8H2,1-2H3,(H,14,16)(H,18,19). The molecule has 6 heteroatoms. The number of nitrogens with zero attached hydrogens (tertiary/aromatic N) is 1. The van der Waals surface area contributed by atoms with Gasteiger partial charge in [-0.1, -0.05) is 18.2 Å². The Balaban J connectivity index is 2.63. The van der Waals surface area contributed by atoms with Crippen LogP contribution in [0.15, 0.2) is 24.3 Å². The number of carboxylic acid groups (broad SMARTS) is 1. The van der Waals surface area contributed by atoms with Crippen molar-refractivity contribution in [2.45, 2.75) is 6.42 Å². The lowest BCUT2D eigenvalue weighted by atomic mass is 10.0. The summed E-state index contributed by atoms with van der Waals surface area (Å²) < 4.78 is 0. The first kappa shape index (κ1) is 14.7. The molecule has 1 aromatic rings. The number of carboxylic acids is 1. The monoisotopic (exact) mass is 264 g/mol. The van der Waals surface area contributed by atoms with E-state index in [-0.39, 0.29) is 30.3 Å². The molecule has 0 spiro atoms. The molecule has 0 aliphatic rings. The maximum Gasteiger partial charge on any atom is 0.335 e. The minimum Gasteiger partial charge on any atom is -0.478 e. The SMILES string of the molecule is CN(C)C(=O)CNC(=O)Cc1ccccc1C(=O)O. The third-order valence-corrected chi connectivity index (χ3v) is 2.53. The Morgan fingerprint density at radius 1 is 1.21 bits per heavy atom. The summed E-state index contributed by atoms with van der Waals surface area (Å²) in [5.74, 6) is -1.68. The van der Waals surface area contributed by atoms with Crippen LogP contribution in [0.1, 0.15) is 15.9 Å². The number of benzene rings is 1. The van der Waals surface area contributed by atoms with Gasteiger partial charge in [0.2, 0.25) is 11.8 Å². The summed E-state index contributed by atoms with van der Waals surface area (Å²) >= 11 is 0. The van der Waals surface area contributed by atoms with Gasteiger partial charge >= 0.3 is 5.97 Å². The van der Waals surface area contributed by atoms with Crippen molar-refractivity contribution in [1.29, 1.82) is 0 Å². The van der Waals surface area contributed by atoms with E-state index in [4.69, 9.17) is 5.11 Å². The van der Waals surface area contributed by atoms with Gasteiger partial charge in [-0.05, 0) is 11.6 Å². The van der Waals surface area contributed by atoms with Crippen LogP contribution in [0.4, 0.5) is 0 Å². The summed E-state index contributed by atoms with van der Waals surface area (Å²) in [4.78, 5) is 35.3. The molecule has 19 heavy (non-hydrogen) atoms. The number of likely N-dealkylation sites (N-methyl/N-ethyl adjacent to an activating group) is 1. The Kier molecular flexibility index (Phi) is 5.05. The average molecular weight is 264 g/mol. The molecule has 2 N–H and O–H groups in total. The van der Waals surface area contributed by atoms with Crippen molar-refractivity contribution in [3.63, 3.8) is 0 Å². The van der Waals surface area contributed by atoms with Crippen molar-refractivity contribution < 1.29 is 19.5 Å². The highest BCUT2D eigenvalue weighted by Gasteiger charge is 2.13. The highest BCUT2D eigenvalue weighted by molar-refractivity contribution is 5.92. The van der Waals surface area contributed by atoms with Crippen LogP contribution >= 0.6 is 0 Å². The first-order valence-electron chi connectivity index (χ1n) is 5.70. The molecule has 6 nitrogen and oxygen atoms in total. The van der Waals surface area contributed by atoms with Gasteiger partial charge in [0.05, 0.1) is 18.5 Å². The quantitative estimate of drug-likeness (QED) is 0.791. The summed E-state index contributed by atoms with van der Waals surface area (Å²) in [5, 5.41) is 11.4. The lowest BCUT2D eigenvalue weighted by Gasteiger charge is -2.11. The van der Waals surface area contributed by atoms with E-state index >= 15 is 0 Å². The van der Waals surface area contributed by atoms with Crippen molar-refractivity contribution in [2.75, 3.05) is 20.6 Å². The molecule has 1 rings (SSSR count). The zero-order valence-electron chi connectivity index (χ0n) is 10.8. The number of carbonyl (C=O) groups is 3. The predicted octanol–water partition coefficient (Wildman–Crippen LogP) is 0.132. The average Bonchev–Trinajstić information content (AvgIpc) is 2.36. The summed E-state index contributed by atoms with van der Waals surface area (Å²) in [7, 11) is 3.18. The summed E-state index contributed by atoms with van der Waals surface area (Å²) in [6, 6.07) is 6.28. The van der Waals surface area contributed by atoms with Gasteiger partial charge in [0.1, 0.15) is 0 Å². The van der Waals surface area contributed by atoms with E-state index in [0.29, 0.717) is 5.56 Å². The Hall–Kier alpha value is -2.37. The first-order valence-corrected chi connectivity index (χ1v) is 5.70. The molecular formula is C13H16N2O4. The van der Waals surface area contributed by atoms with Crippen LogP contribution in [0.3, 0.4) is 0 Å². The van der Waals surface area contributed by atoms with Gasteiger partial charge in [0.25, 0.3) is 0 Å². The van der Waals surface area contributed by atoms with E-state index in [1.165, 1.54) is 11.0 Å². The fourth-order valence-corrected chi connectivity index (χ4v) is 1.45. The summed E-state index contributed by atoms with van der Waals surface area (Å²) in [6.45, 7) is -0.0962. The highest BCUT2D eigenvalue weighted by atomic mass is 16.4. The second-order valence-corrected chi connectivity index (χ2v) is 4.20. The van der Waals surface area contributed by atoms with Gasteiger partial charge in [0, 0.05) is 14.1 Å². The van der Waals surface area contributed by atoms with Gasteiger partial charge in [-0.15, -0.1) is 0 Å². The Bertz CT molecular complexity index is 497. The number of nitrogens with one attached hydrogen (secondary N) is 1. The molecular weight excluding hydrogens is 248 g/mol. The van der Waals surface area contributed by atoms with Crippen LogP contribution < -0.4 is 5.32 Å². The third-order valence-electron chi connectivity index (χ3n) is 2.53. The lowest BCUT2D eigenvalue weighted by molar-refractivity contribution is -0.130. The van der Waals surface area contributed by atoms with Crippen molar-refractivity contribution in [1.82, 2.24) is 10.2 Å². The Labute approximate surface area is 111 Å². The molecule has 0 aliphatic carbocycles. The fourth-order valence-electron chi connectivity index (χ4n) is 1.45. The number of carbonyl (C=O) groups excluding carboxylic acids is 2. The predicted molar refractivity (Wildman–Crippen MR) is 68.8 cm³/mol. The molecule has 2 amide bonds. The smallest absolute Gasteiger partial charge is 0.335 e. The van der Waals surface area contributed by atoms with Gasteiger partial charge < -0.3 is 15.3 Å². The zero-order chi connectivity index (χ0) is 14.4. The van der Waals surface area contributed by atoms with Gasteiger partial charge in [-0.2, -0.15) is 0 Å². The molecule has 0 saturated heterocycles. The summed E-state index contributed by atoms with van der Waals surface area (Å²) in [6.07, 6.45) is -0.0663. The number of rotatable bonds is 5. The topological polar surface area (TPSA) is 86.7 Å². The van der Waals surface area contributed by atoms with Gasteiger partial charge in [0.15, 0.2) is 0 Å². The van der Waals surface area contributed by atoms with Crippen LogP contribution in [0.5, 0.6) is 0 Å². The molecule has 0 bridgehead atoms. The first-order chi connectivity index (χ1) is 8.91. The number of hydrogen-bond acceptors (Lipinski definition) is 3. The Morgan fingerprint density at radius 3 is 2.42 bits per heavy atom. The van der Waals surface area contributed by atoms with E-state index in [1.807, 2.05) is 0 Å². The van der Waals surface area contributed by atoms with Crippen LogP contribution in [0.2, 0.25) is 0 Å². The molecule has 0 heterocycles. The minimum absolute atomic E-state index is 0.0663. The fraction of sp³-hybridized carbons (Fsp3) is 0.308. The molecule has 0 saturated carbocycles. The van der Waals surface area contributed by atoms with Crippen molar-refractivity contribution in [3.05, 3.63) is 35.4 Å². The van der Waals surface area contributed by atoms with Gasteiger partial charge in [-0.25, -0.2) is 4.79 Å². The maximum atomic E-state index is 11.6. The van der Waals surface area contributed by atoms with E-state index in [9.17, 15) is 14.4 Å². The van der Waals surface area contributed by atoms with E-state index in [2.05, 4.69) is 5.32 Å². The van der Waals surface area contributed by atoms with E-state index in [1.54, 1.807) is 32.3 Å². The van der Waals surface area contributed by atoms with Crippen LogP contribution in [0, 0.1) is 0 Å². The van der Waals surface area contributed by atoms with Gasteiger partial charge in [-0.3, -0.25) is 9.59 Å². The Morgan fingerprint density at radius 2 is 1.84 bits per heavy atom. The lowest BCUT2D eigenvalue weighted by Crippen LogP contribution is -2.37. The second-order valence-electron chi connectivity index (χ2n) is 4.20. The number of amides is 2. The molecule has 0 fully saturated rings. The van der Waals surface area contributed by atoms with Crippen molar-refractivity contribution >= 4 is 17.8 Å². The molecule has 1 aromatic carbocycles. The van der Waals surface area contributed by atoms with Crippen LogP contribution in [-0.4, -0.2) is 48.4 Å². The van der Waals surface area contributed by atoms with E-state index < -0.39 is 5.97 Å². The summed E-state index contributed by atoms with van der Waals surface area (Å²) in [5.41, 5.74) is 0.515. The number of hydrogen-bond donors (Lipinski definition) is 2.